The Morgan fingerprint density at radius 1 is 0.581 bits per heavy atom. The van der Waals surface area contributed by atoms with Crippen molar-refractivity contribution in [2.75, 3.05) is 0 Å². The molecule has 0 bridgehead atoms. The van der Waals surface area contributed by atoms with E-state index in [2.05, 4.69) is 26.5 Å². The van der Waals surface area contributed by atoms with Gasteiger partial charge in [-0.05, 0) is 79.6 Å². The van der Waals surface area contributed by atoms with Crippen molar-refractivity contribution in [3.05, 3.63) is 89.0 Å². The van der Waals surface area contributed by atoms with Gasteiger partial charge >= 0.3 is 0 Å². The maximum Gasteiger partial charge on any atom is 0.143 e. The lowest BCUT2D eigenvalue weighted by Crippen LogP contribution is -1.81. The molecular weight excluding hydrogens is 384 g/mol. The number of hydrogen-bond acceptors (Lipinski definition) is 5. The monoisotopic (exact) mass is 408 g/mol. The maximum atomic E-state index is 10.3. The van der Waals surface area contributed by atoms with Gasteiger partial charge in [-0.2, -0.15) is 15.3 Å². The molecule has 31 heavy (non-hydrogen) atoms. The van der Waals surface area contributed by atoms with Crippen molar-refractivity contribution in [1.82, 2.24) is 0 Å². The van der Waals surface area contributed by atoms with Gasteiger partial charge in [-0.1, -0.05) is 42.5 Å². The number of aromatic hydroxyl groups is 1. The summed E-state index contributed by atoms with van der Waals surface area (Å²) < 4.78 is 0. The van der Waals surface area contributed by atoms with E-state index in [-0.39, 0.29) is 5.75 Å². The van der Waals surface area contributed by atoms with Gasteiger partial charge in [-0.3, -0.25) is 0 Å². The number of benzene rings is 4. The lowest BCUT2D eigenvalue weighted by atomic mass is 10.1. The van der Waals surface area contributed by atoms with E-state index in [1.165, 1.54) is 0 Å². The smallest absolute Gasteiger partial charge is 0.143 e. The molecule has 0 unspecified atom stereocenters. The average Bonchev–Trinajstić information content (AvgIpc) is 2.76. The highest BCUT2D eigenvalue weighted by Gasteiger charge is 2.08. The van der Waals surface area contributed by atoms with Gasteiger partial charge in [0.2, 0.25) is 0 Å². The largest absolute Gasteiger partial charge is 0.506 e. The quantitative estimate of drug-likeness (QED) is 0.337. The molecule has 0 saturated heterocycles. The van der Waals surface area contributed by atoms with Gasteiger partial charge in [0.15, 0.2) is 0 Å². The number of rotatable bonds is 4. The van der Waals surface area contributed by atoms with Crippen LogP contribution < -0.4 is 0 Å². The highest BCUT2D eigenvalue weighted by molar-refractivity contribution is 5.95. The second-order valence-corrected chi connectivity index (χ2v) is 7.77. The zero-order valence-electron chi connectivity index (χ0n) is 18.1. The molecule has 154 valence electrons. The third-order valence-corrected chi connectivity index (χ3v) is 5.28. The van der Waals surface area contributed by atoms with Crippen molar-refractivity contribution in [2.24, 2.45) is 20.5 Å². The number of fused-ring (bicyclic) bond motifs is 1. The summed E-state index contributed by atoms with van der Waals surface area (Å²) in [6.07, 6.45) is 0. The Labute approximate surface area is 181 Å². The van der Waals surface area contributed by atoms with Crippen molar-refractivity contribution < 1.29 is 5.11 Å². The van der Waals surface area contributed by atoms with E-state index in [9.17, 15) is 5.11 Å². The maximum absolute atomic E-state index is 10.3. The van der Waals surface area contributed by atoms with E-state index in [1.807, 2.05) is 82.3 Å². The Morgan fingerprint density at radius 3 is 1.90 bits per heavy atom. The lowest BCUT2D eigenvalue weighted by molar-refractivity contribution is 0.477. The Kier molecular flexibility index (Phi) is 5.58. The molecule has 0 fully saturated rings. The Balaban J connectivity index is 1.66. The van der Waals surface area contributed by atoms with Crippen LogP contribution in [0.4, 0.5) is 22.7 Å². The summed E-state index contributed by atoms with van der Waals surface area (Å²) in [4.78, 5) is 0. The number of phenols is 1. The van der Waals surface area contributed by atoms with E-state index >= 15 is 0 Å². The van der Waals surface area contributed by atoms with Crippen LogP contribution in [0.15, 0.2) is 87.2 Å². The first-order chi connectivity index (χ1) is 14.9. The molecule has 0 amide bonds. The van der Waals surface area contributed by atoms with Gasteiger partial charge in [-0.25, -0.2) is 0 Å². The molecule has 4 aromatic rings. The molecule has 0 atom stereocenters. The second-order valence-electron chi connectivity index (χ2n) is 7.77. The molecule has 1 N–H and O–H groups in total. The molecule has 5 heteroatoms. The summed E-state index contributed by atoms with van der Waals surface area (Å²) in [5.74, 6) is 0.107. The van der Waals surface area contributed by atoms with Gasteiger partial charge in [0.25, 0.3) is 0 Å². The van der Waals surface area contributed by atoms with Crippen LogP contribution in [0, 0.1) is 27.7 Å². The summed E-state index contributed by atoms with van der Waals surface area (Å²) in [6.45, 7) is 8.01. The predicted octanol–water partition coefficient (Wildman–Crippen LogP) is 8.61. The summed E-state index contributed by atoms with van der Waals surface area (Å²) in [5, 5.41) is 29.9. The van der Waals surface area contributed by atoms with Crippen molar-refractivity contribution in [3.63, 3.8) is 0 Å². The number of aryl methyl sites for hydroxylation is 4. The first-order valence-electron chi connectivity index (χ1n) is 10.1. The van der Waals surface area contributed by atoms with Crippen LogP contribution in [0.25, 0.3) is 10.8 Å². The number of nitrogens with zero attached hydrogens (tertiary/aromatic N) is 4. The van der Waals surface area contributed by atoms with Crippen molar-refractivity contribution >= 4 is 33.5 Å². The van der Waals surface area contributed by atoms with Gasteiger partial charge in [0.1, 0.15) is 11.4 Å². The van der Waals surface area contributed by atoms with E-state index in [4.69, 9.17) is 0 Å². The van der Waals surface area contributed by atoms with Gasteiger partial charge in [-0.15, -0.1) is 5.11 Å². The molecule has 0 aliphatic carbocycles. The topological polar surface area (TPSA) is 69.7 Å². The number of phenolic OH excluding ortho intramolecular Hbond substituents is 1. The molecule has 0 heterocycles. The zero-order valence-corrected chi connectivity index (χ0v) is 18.1. The summed E-state index contributed by atoms with van der Waals surface area (Å²) >= 11 is 0. The molecule has 0 radical (unpaired) electrons. The van der Waals surface area contributed by atoms with E-state index < -0.39 is 0 Å². The van der Waals surface area contributed by atoms with E-state index in [0.29, 0.717) is 5.69 Å². The molecule has 0 aliphatic rings. The fraction of sp³-hybridized carbons (Fsp3) is 0.154. The van der Waals surface area contributed by atoms with Gasteiger partial charge < -0.3 is 5.11 Å². The van der Waals surface area contributed by atoms with E-state index in [0.717, 1.165) is 50.1 Å². The summed E-state index contributed by atoms with van der Waals surface area (Å²) in [5.41, 5.74) is 6.99. The fourth-order valence-electron chi connectivity index (χ4n) is 3.39. The van der Waals surface area contributed by atoms with Crippen LogP contribution in [-0.4, -0.2) is 5.11 Å². The second kappa shape index (κ2) is 8.48. The molecular formula is C26H24N4O. The first-order valence-corrected chi connectivity index (χ1v) is 10.1. The highest BCUT2D eigenvalue weighted by atomic mass is 16.3. The minimum atomic E-state index is 0.107. The third-order valence-electron chi connectivity index (χ3n) is 5.28. The minimum absolute atomic E-state index is 0.107. The van der Waals surface area contributed by atoms with Crippen molar-refractivity contribution in [3.8, 4) is 5.75 Å². The van der Waals surface area contributed by atoms with Gasteiger partial charge in [0, 0.05) is 5.39 Å². The molecule has 4 aromatic carbocycles. The summed E-state index contributed by atoms with van der Waals surface area (Å²) in [7, 11) is 0. The molecule has 5 nitrogen and oxygen atoms in total. The first kappa shape index (κ1) is 20.4. The van der Waals surface area contributed by atoms with Crippen LogP contribution in [0.3, 0.4) is 0 Å². The zero-order chi connectivity index (χ0) is 22.0. The highest BCUT2D eigenvalue weighted by Crippen LogP contribution is 2.37. The molecule has 0 saturated carbocycles. The van der Waals surface area contributed by atoms with Crippen LogP contribution in [0.1, 0.15) is 22.3 Å². The van der Waals surface area contributed by atoms with Crippen LogP contribution >= 0.6 is 0 Å². The Bertz CT molecular complexity index is 1340. The van der Waals surface area contributed by atoms with Crippen LogP contribution in [0.2, 0.25) is 0 Å². The molecule has 4 rings (SSSR count). The van der Waals surface area contributed by atoms with Crippen molar-refractivity contribution in [1.29, 1.82) is 0 Å². The third kappa shape index (κ3) is 4.36. The normalized spacial score (nSPS) is 11.7. The predicted molar refractivity (Wildman–Crippen MR) is 126 cm³/mol. The van der Waals surface area contributed by atoms with Crippen LogP contribution in [0.5, 0.6) is 5.75 Å². The minimum Gasteiger partial charge on any atom is -0.506 e. The SMILES string of the molecule is Cc1ccc(C)c(/N=N/c2cc(C)c(/N=N\c3c(O)ccc4ccccc34)cc2C)c1. The van der Waals surface area contributed by atoms with Gasteiger partial charge in [0.05, 0.1) is 17.1 Å². The summed E-state index contributed by atoms with van der Waals surface area (Å²) in [6, 6.07) is 21.4. The molecule has 0 aromatic heterocycles. The number of hydrogen-bond donors (Lipinski definition) is 1. The number of azo groups is 2. The Hall–Kier alpha value is -3.86. The standard InChI is InChI=1S/C26H24N4O/c1-16-9-10-17(2)22(13-16)27-28-23-14-19(4)24(15-18(23)3)29-30-26-21-8-6-5-7-20(21)11-12-25(26)31/h5-15,31H,1-4H3/b28-27+,30-29-. The van der Waals surface area contributed by atoms with E-state index in [1.54, 1.807) is 6.07 Å². The lowest BCUT2D eigenvalue weighted by Gasteiger charge is -2.06. The molecule has 0 spiro atoms. The average molecular weight is 409 g/mol. The van der Waals surface area contributed by atoms with Crippen molar-refractivity contribution in [2.45, 2.75) is 27.7 Å². The fourth-order valence-corrected chi connectivity index (χ4v) is 3.39. The molecule has 0 aliphatic heterocycles. The van der Waals surface area contributed by atoms with Crippen LogP contribution in [-0.2, 0) is 0 Å². The Morgan fingerprint density at radius 2 is 1.19 bits per heavy atom.